The first kappa shape index (κ1) is 24.4. The number of imidazole rings is 1. The van der Waals surface area contributed by atoms with E-state index in [1.165, 1.54) is 6.20 Å². The van der Waals surface area contributed by atoms with E-state index in [9.17, 15) is 5.21 Å². The van der Waals surface area contributed by atoms with Crippen LogP contribution < -0.4 is 4.73 Å². The van der Waals surface area contributed by atoms with Crippen LogP contribution in [-0.2, 0) is 13.0 Å². The third kappa shape index (κ3) is 4.72. The molecule has 6 rings (SSSR count). The van der Waals surface area contributed by atoms with Crippen LogP contribution in [-0.4, -0.2) is 35.2 Å². The number of pyridine rings is 2. The number of nitrogens with zero attached hydrogens (tertiary/aromatic N) is 7. The van der Waals surface area contributed by atoms with Crippen LogP contribution in [0.2, 0.25) is 0 Å². The Kier molecular flexibility index (Phi) is 6.50. The van der Waals surface area contributed by atoms with Crippen molar-refractivity contribution >= 4 is 11.2 Å². The Balaban J connectivity index is 1.36. The largest absolute Gasteiger partial charge is 0.618 e. The van der Waals surface area contributed by atoms with Gasteiger partial charge in [0.15, 0.2) is 17.7 Å². The number of tetrazole rings is 1. The Hall–Kier alpha value is -4.99. The second-order valence-electron chi connectivity index (χ2n) is 9.29. The summed E-state index contributed by atoms with van der Waals surface area (Å²) in [5, 5.41) is 26.5. The zero-order chi connectivity index (χ0) is 26.8. The van der Waals surface area contributed by atoms with Crippen LogP contribution >= 0.6 is 0 Å². The van der Waals surface area contributed by atoms with Crippen molar-refractivity contribution in [3.8, 4) is 33.8 Å². The quantitative estimate of drug-likeness (QED) is 0.170. The number of hydrogen-bond acceptors (Lipinski definition) is 6. The number of hydrogen-bond donors (Lipinski definition) is 1. The van der Waals surface area contributed by atoms with Crippen molar-refractivity contribution in [2.24, 2.45) is 0 Å². The fourth-order valence-corrected chi connectivity index (χ4v) is 4.77. The van der Waals surface area contributed by atoms with Crippen LogP contribution in [0.15, 0.2) is 79.0 Å². The van der Waals surface area contributed by atoms with Gasteiger partial charge in [-0.25, -0.2) is 10.1 Å². The van der Waals surface area contributed by atoms with Crippen LogP contribution in [0.5, 0.6) is 0 Å². The molecule has 0 aliphatic carbocycles. The molecule has 0 spiro atoms. The summed E-state index contributed by atoms with van der Waals surface area (Å²) in [5.74, 6) is 0.743. The predicted octanol–water partition coefficient (Wildman–Crippen LogP) is 5.11. The van der Waals surface area contributed by atoms with Crippen molar-refractivity contribution < 1.29 is 9.12 Å². The first-order valence-corrected chi connectivity index (χ1v) is 12.8. The fraction of sp³-hybridized carbons (Fsp3) is 0.172. The van der Waals surface area contributed by atoms with Gasteiger partial charge >= 0.3 is 0 Å². The molecule has 39 heavy (non-hydrogen) atoms. The number of unbranched alkanes of at least 4 members (excludes halogenated alkanes) is 1. The molecule has 0 saturated carbocycles. The molecule has 4 heterocycles. The summed E-state index contributed by atoms with van der Waals surface area (Å²) in [7, 11) is 0. The maximum atomic E-state index is 15.2. The van der Waals surface area contributed by atoms with Crippen LogP contribution in [0.25, 0.3) is 44.9 Å². The monoisotopic (exact) mass is 520 g/mol. The zero-order valence-corrected chi connectivity index (χ0v) is 21.3. The highest BCUT2D eigenvalue weighted by molar-refractivity contribution is 5.80. The molecule has 0 aliphatic heterocycles. The normalized spacial score (nSPS) is 11.3. The SMILES string of the molecule is CCCCc1nc2cc(-c3cccc[n+]3[O-])c(F)nc2n1Cc1ccc(-c2ccccc2-c2nnn[nH]2)cc1. The van der Waals surface area contributed by atoms with Crippen LogP contribution in [0, 0.1) is 11.2 Å². The van der Waals surface area contributed by atoms with Gasteiger partial charge in [0.2, 0.25) is 11.6 Å². The molecule has 0 radical (unpaired) electrons. The molecule has 0 amide bonds. The minimum absolute atomic E-state index is 0.134. The molecule has 10 heteroatoms. The lowest BCUT2D eigenvalue weighted by Crippen LogP contribution is -2.28. The lowest BCUT2D eigenvalue weighted by Gasteiger charge is -2.11. The molecule has 2 aromatic carbocycles. The number of aromatic amines is 1. The van der Waals surface area contributed by atoms with Gasteiger partial charge in [-0.05, 0) is 45.7 Å². The summed E-state index contributed by atoms with van der Waals surface area (Å²) in [6.07, 6.45) is 4.04. The molecular weight excluding hydrogens is 495 g/mol. The molecule has 194 valence electrons. The van der Waals surface area contributed by atoms with Crippen molar-refractivity contribution in [2.45, 2.75) is 32.7 Å². The molecule has 0 fully saturated rings. The summed E-state index contributed by atoms with van der Waals surface area (Å²) in [5.41, 5.74) is 5.32. The molecule has 6 aromatic rings. The Labute approximate surface area is 223 Å². The number of aryl methyl sites for hydroxylation is 1. The van der Waals surface area contributed by atoms with Crippen LogP contribution in [0.1, 0.15) is 31.2 Å². The third-order valence-corrected chi connectivity index (χ3v) is 6.74. The highest BCUT2D eigenvalue weighted by Gasteiger charge is 2.20. The van der Waals surface area contributed by atoms with Gasteiger partial charge in [-0.3, -0.25) is 0 Å². The summed E-state index contributed by atoms with van der Waals surface area (Å²) in [6.45, 7) is 2.61. The summed E-state index contributed by atoms with van der Waals surface area (Å²) < 4.78 is 17.8. The second kappa shape index (κ2) is 10.4. The van der Waals surface area contributed by atoms with E-state index in [0.29, 0.717) is 28.3 Å². The Morgan fingerprint density at radius 2 is 1.74 bits per heavy atom. The maximum absolute atomic E-state index is 15.2. The minimum atomic E-state index is -0.699. The van der Waals surface area contributed by atoms with Gasteiger partial charge in [-0.1, -0.05) is 61.9 Å². The van der Waals surface area contributed by atoms with E-state index < -0.39 is 5.95 Å². The van der Waals surface area contributed by atoms with E-state index in [0.717, 1.165) is 47.3 Å². The van der Waals surface area contributed by atoms with Gasteiger partial charge in [-0.2, -0.15) is 14.1 Å². The van der Waals surface area contributed by atoms with Crippen LogP contribution in [0.3, 0.4) is 0 Å². The molecule has 0 unspecified atom stereocenters. The number of benzene rings is 2. The lowest BCUT2D eigenvalue weighted by molar-refractivity contribution is -0.593. The van der Waals surface area contributed by atoms with Crippen molar-refractivity contribution in [3.05, 3.63) is 102 Å². The van der Waals surface area contributed by atoms with Crippen molar-refractivity contribution in [3.63, 3.8) is 0 Å². The molecule has 0 aliphatic rings. The number of halogens is 1. The Bertz CT molecular complexity index is 1750. The van der Waals surface area contributed by atoms with E-state index in [1.807, 2.05) is 28.8 Å². The molecule has 4 aromatic heterocycles. The zero-order valence-electron chi connectivity index (χ0n) is 21.3. The summed E-state index contributed by atoms with van der Waals surface area (Å²) in [6, 6.07) is 22.6. The van der Waals surface area contributed by atoms with Gasteiger partial charge in [0.1, 0.15) is 16.9 Å². The Morgan fingerprint density at radius 3 is 2.49 bits per heavy atom. The average molecular weight is 521 g/mol. The van der Waals surface area contributed by atoms with Crippen molar-refractivity contribution in [1.82, 2.24) is 35.2 Å². The first-order valence-electron chi connectivity index (χ1n) is 12.8. The Morgan fingerprint density at radius 1 is 0.949 bits per heavy atom. The number of rotatable bonds is 8. The molecule has 0 saturated heterocycles. The number of fused-ring (bicyclic) bond motifs is 1. The second-order valence-corrected chi connectivity index (χ2v) is 9.29. The molecule has 1 N–H and O–H groups in total. The van der Waals surface area contributed by atoms with Gasteiger partial charge in [0, 0.05) is 24.1 Å². The molecule has 0 atom stereocenters. The third-order valence-electron chi connectivity index (χ3n) is 6.74. The highest BCUT2D eigenvalue weighted by Crippen LogP contribution is 2.30. The van der Waals surface area contributed by atoms with Gasteiger partial charge < -0.3 is 9.77 Å². The minimum Gasteiger partial charge on any atom is -0.618 e. The van der Waals surface area contributed by atoms with Gasteiger partial charge in [0.25, 0.3) is 0 Å². The first-order chi connectivity index (χ1) is 19.1. The van der Waals surface area contributed by atoms with Gasteiger partial charge in [-0.15, -0.1) is 5.10 Å². The summed E-state index contributed by atoms with van der Waals surface area (Å²) in [4.78, 5) is 9.09. The standard InChI is InChI=1S/C29H25FN8O/c1-2-3-11-26-31-24-17-23(25-10-6-7-16-38(25)39)27(30)32-29(24)37(26)18-19-12-14-20(15-13-19)21-8-4-5-9-22(21)28-33-35-36-34-28/h4-10,12-17H,2-3,11,18H2,1H3,(H,33,34,35,36). The van der Waals surface area contributed by atoms with E-state index in [2.05, 4.69) is 56.8 Å². The van der Waals surface area contributed by atoms with Gasteiger partial charge in [0.05, 0.1) is 6.54 Å². The van der Waals surface area contributed by atoms with E-state index in [4.69, 9.17) is 4.98 Å². The molecular formula is C29H25FN8O. The van der Waals surface area contributed by atoms with Crippen molar-refractivity contribution in [2.75, 3.05) is 0 Å². The van der Waals surface area contributed by atoms with E-state index >= 15 is 4.39 Å². The maximum Gasteiger partial charge on any atom is 0.229 e. The molecule has 9 nitrogen and oxygen atoms in total. The molecule has 0 bridgehead atoms. The topological polar surface area (TPSA) is 112 Å². The number of nitrogens with one attached hydrogen (secondary N) is 1. The van der Waals surface area contributed by atoms with E-state index in [-0.39, 0.29) is 11.3 Å². The van der Waals surface area contributed by atoms with Crippen LogP contribution in [0.4, 0.5) is 4.39 Å². The number of H-pyrrole nitrogens is 1. The smallest absolute Gasteiger partial charge is 0.229 e. The lowest BCUT2D eigenvalue weighted by atomic mass is 9.98. The van der Waals surface area contributed by atoms with Crippen molar-refractivity contribution in [1.29, 1.82) is 0 Å². The fourth-order valence-electron chi connectivity index (χ4n) is 4.77. The predicted molar refractivity (Wildman–Crippen MR) is 145 cm³/mol. The highest BCUT2D eigenvalue weighted by atomic mass is 19.1. The van der Waals surface area contributed by atoms with E-state index in [1.54, 1.807) is 24.3 Å². The average Bonchev–Trinajstić information content (AvgIpc) is 3.61. The number of aromatic nitrogens is 8. The summed E-state index contributed by atoms with van der Waals surface area (Å²) >= 11 is 0.